The predicted octanol–water partition coefficient (Wildman–Crippen LogP) is 1.02. The summed E-state index contributed by atoms with van der Waals surface area (Å²) in [5.41, 5.74) is 0. The first-order valence-corrected chi connectivity index (χ1v) is 4.54. The van der Waals surface area contributed by atoms with E-state index in [0.717, 1.165) is 14.3 Å². The molecule has 0 saturated carbocycles. The number of aromatic nitrogens is 1. The molecule has 2 nitrogen and oxygen atoms in total. The fraction of sp³-hybridized carbons (Fsp3) is 0.286. The minimum Gasteiger partial charge on any atom is -0.496 e. The molecule has 0 spiro atoms. The van der Waals surface area contributed by atoms with Crippen LogP contribution in [0.1, 0.15) is 0 Å². The third-order valence-corrected chi connectivity index (χ3v) is 2.18. The summed E-state index contributed by atoms with van der Waals surface area (Å²) in [5, 5.41) is 1.19. The first kappa shape index (κ1) is 7.49. The molecule has 1 rings (SSSR count). The fourth-order valence-electron chi connectivity index (χ4n) is 0.747. The molecule has 0 aliphatic carbocycles. The molecule has 0 saturated heterocycles. The minimum atomic E-state index is 0.748. The first-order valence-electron chi connectivity index (χ1n) is 3.04. The average Bonchev–Trinajstić information content (AvgIpc) is 2.04. The number of hydrogen-bond donors (Lipinski definition) is 0. The van der Waals surface area contributed by atoms with Gasteiger partial charge in [-0.15, -0.1) is 0 Å². The summed E-state index contributed by atoms with van der Waals surface area (Å²) >= 11 is 0. The number of ether oxygens (including phenoxy) is 1. The molecule has 1 aromatic heterocycles. The molecule has 54 valence electrons. The average molecular weight is 155 g/mol. The molecular formula is C7H10NOP. The van der Waals surface area contributed by atoms with Gasteiger partial charge in [0.25, 0.3) is 0 Å². The minimum absolute atomic E-state index is 0.748. The van der Waals surface area contributed by atoms with Crippen LogP contribution in [0.15, 0.2) is 18.5 Å². The van der Waals surface area contributed by atoms with Crippen LogP contribution in [0.25, 0.3) is 0 Å². The molecule has 3 heteroatoms. The van der Waals surface area contributed by atoms with Gasteiger partial charge in [0.2, 0.25) is 0 Å². The summed E-state index contributed by atoms with van der Waals surface area (Å²) in [6, 6.07) is 1.88. The third-order valence-electron chi connectivity index (χ3n) is 1.27. The summed E-state index contributed by atoms with van der Waals surface area (Å²) < 4.78 is 5.10. The Morgan fingerprint density at radius 3 is 2.90 bits per heavy atom. The van der Waals surface area contributed by atoms with Crippen LogP contribution in [0.2, 0.25) is 0 Å². The molecule has 10 heavy (non-hydrogen) atoms. The number of hydrogen-bond acceptors (Lipinski definition) is 2. The van der Waals surface area contributed by atoms with Crippen LogP contribution in [-0.4, -0.2) is 18.8 Å². The fourth-order valence-corrected chi connectivity index (χ4v) is 1.38. The van der Waals surface area contributed by atoms with E-state index in [1.165, 1.54) is 5.30 Å². The summed E-state index contributed by atoms with van der Waals surface area (Å²) in [6.07, 6.45) is 3.58. The lowest BCUT2D eigenvalue weighted by Crippen LogP contribution is -2.00. The Bertz CT molecular complexity index is 192. The molecule has 0 fully saturated rings. The highest BCUT2D eigenvalue weighted by atomic mass is 31.1. The van der Waals surface area contributed by atoms with Crippen molar-refractivity contribution >= 4 is 13.9 Å². The summed E-state index contributed by atoms with van der Waals surface area (Å²) in [4.78, 5) is 3.99. The summed E-state index contributed by atoms with van der Waals surface area (Å²) in [7, 11) is 2.43. The smallest absolute Gasteiger partial charge is 0.129 e. The maximum atomic E-state index is 5.10. The van der Waals surface area contributed by atoms with Crippen molar-refractivity contribution in [3.63, 3.8) is 0 Å². The summed E-state index contributed by atoms with van der Waals surface area (Å²) in [6.45, 7) is 2.11. The molecule has 0 aliphatic heterocycles. The first-order chi connectivity index (χ1) is 4.88. The van der Waals surface area contributed by atoms with Gasteiger partial charge < -0.3 is 4.74 Å². The van der Waals surface area contributed by atoms with Crippen molar-refractivity contribution < 1.29 is 4.74 Å². The Balaban J connectivity index is 2.96. The zero-order valence-electron chi connectivity index (χ0n) is 6.09. The van der Waals surface area contributed by atoms with E-state index in [2.05, 4.69) is 11.6 Å². The lowest BCUT2D eigenvalue weighted by molar-refractivity contribution is 0.418. The molecule has 1 aromatic rings. The number of rotatable bonds is 2. The van der Waals surface area contributed by atoms with Gasteiger partial charge in [0, 0.05) is 17.7 Å². The highest BCUT2D eigenvalue weighted by Crippen LogP contribution is 2.13. The van der Waals surface area contributed by atoms with Gasteiger partial charge in [-0.1, -0.05) is 8.58 Å². The Labute approximate surface area is 62.4 Å². The van der Waals surface area contributed by atoms with E-state index in [1.807, 2.05) is 12.3 Å². The second-order valence-electron chi connectivity index (χ2n) is 1.83. The lowest BCUT2D eigenvalue weighted by Gasteiger charge is -2.03. The summed E-state index contributed by atoms with van der Waals surface area (Å²) in [5.74, 6) is 0.941. The standard InChI is InChI=1S/C7H10NOP/c1-9-6-3-4-8-5-7(6)10-2/h3-5,10H,1-2H3. The van der Waals surface area contributed by atoms with Gasteiger partial charge in [-0.2, -0.15) is 0 Å². The van der Waals surface area contributed by atoms with Crippen LogP contribution < -0.4 is 10.0 Å². The second kappa shape index (κ2) is 3.52. The van der Waals surface area contributed by atoms with Crippen molar-refractivity contribution in [3.05, 3.63) is 18.5 Å². The van der Waals surface area contributed by atoms with E-state index >= 15 is 0 Å². The van der Waals surface area contributed by atoms with Gasteiger partial charge in [0.05, 0.1) is 7.11 Å². The van der Waals surface area contributed by atoms with Crippen molar-refractivity contribution in [2.75, 3.05) is 13.8 Å². The zero-order valence-corrected chi connectivity index (χ0v) is 7.09. The van der Waals surface area contributed by atoms with Crippen molar-refractivity contribution in [1.29, 1.82) is 0 Å². The molecule has 1 atom stereocenters. The quantitative estimate of drug-likeness (QED) is 0.595. The molecule has 0 N–H and O–H groups in total. The Kier molecular flexibility index (Phi) is 2.64. The van der Waals surface area contributed by atoms with Gasteiger partial charge in [-0.25, -0.2) is 0 Å². The largest absolute Gasteiger partial charge is 0.496 e. The molecule has 0 bridgehead atoms. The van der Waals surface area contributed by atoms with E-state index in [9.17, 15) is 0 Å². The van der Waals surface area contributed by atoms with Crippen LogP contribution in [0.3, 0.4) is 0 Å². The van der Waals surface area contributed by atoms with Gasteiger partial charge in [0.1, 0.15) is 5.75 Å². The molecule has 1 heterocycles. The molecule has 0 aromatic carbocycles. The molecule has 1 unspecified atom stereocenters. The van der Waals surface area contributed by atoms with Crippen LogP contribution in [0, 0.1) is 0 Å². The van der Waals surface area contributed by atoms with Gasteiger partial charge in [-0.3, -0.25) is 4.98 Å². The number of methoxy groups -OCH3 is 1. The van der Waals surface area contributed by atoms with Crippen molar-refractivity contribution in [2.24, 2.45) is 0 Å². The van der Waals surface area contributed by atoms with Crippen LogP contribution in [0.4, 0.5) is 0 Å². The van der Waals surface area contributed by atoms with Gasteiger partial charge >= 0.3 is 0 Å². The molecule has 0 radical (unpaired) electrons. The maximum absolute atomic E-state index is 5.10. The van der Waals surface area contributed by atoms with Crippen molar-refractivity contribution in [3.8, 4) is 5.75 Å². The zero-order chi connectivity index (χ0) is 7.40. The normalized spacial score (nSPS) is 10.6. The SMILES string of the molecule is COc1ccncc1PC. The number of pyridine rings is 1. The third kappa shape index (κ3) is 1.45. The Morgan fingerprint density at radius 2 is 2.40 bits per heavy atom. The van der Waals surface area contributed by atoms with Crippen LogP contribution in [0.5, 0.6) is 5.75 Å². The Morgan fingerprint density at radius 1 is 1.60 bits per heavy atom. The van der Waals surface area contributed by atoms with Gasteiger partial charge in [0.15, 0.2) is 0 Å². The van der Waals surface area contributed by atoms with E-state index in [4.69, 9.17) is 4.74 Å². The van der Waals surface area contributed by atoms with Crippen LogP contribution in [-0.2, 0) is 0 Å². The second-order valence-corrected chi connectivity index (χ2v) is 2.86. The van der Waals surface area contributed by atoms with E-state index in [0.29, 0.717) is 0 Å². The highest BCUT2D eigenvalue weighted by molar-refractivity contribution is 7.46. The van der Waals surface area contributed by atoms with Gasteiger partial charge in [-0.05, 0) is 12.7 Å². The van der Waals surface area contributed by atoms with E-state index < -0.39 is 0 Å². The van der Waals surface area contributed by atoms with E-state index in [1.54, 1.807) is 13.3 Å². The number of nitrogens with zero attached hydrogens (tertiary/aromatic N) is 1. The Hall–Kier alpha value is -0.620. The molecule has 0 aliphatic rings. The topological polar surface area (TPSA) is 22.1 Å². The molecular weight excluding hydrogens is 145 g/mol. The maximum Gasteiger partial charge on any atom is 0.129 e. The lowest BCUT2D eigenvalue weighted by atomic mass is 10.4. The van der Waals surface area contributed by atoms with Crippen LogP contribution >= 0.6 is 8.58 Å². The monoisotopic (exact) mass is 155 g/mol. The van der Waals surface area contributed by atoms with Crippen molar-refractivity contribution in [1.82, 2.24) is 4.98 Å². The predicted molar refractivity (Wildman–Crippen MR) is 44.7 cm³/mol. The van der Waals surface area contributed by atoms with E-state index in [-0.39, 0.29) is 0 Å². The van der Waals surface area contributed by atoms with Crippen molar-refractivity contribution in [2.45, 2.75) is 0 Å². The molecule has 0 amide bonds. The highest BCUT2D eigenvalue weighted by Gasteiger charge is 1.96.